The summed E-state index contributed by atoms with van der Waals surface area (Å²) < 4.78 is 5.28. The predicted molar refractivity (Wildman–Crippen MR) is 127 cm³/mol. The molecule has 5 heteroatoms. The van der Waals surface area contributed by atoms with E-state index in [1.807, 2.05) is 89.8 Å². The summed E-state index contributed by atoms with van der Waals surface area (Å²) in [4.78, 5) is 29.6. The molecule has 2 unspecified atom stereocenters. The molecule has 168 valence electrons. The number of amides is 2. The zero-order valence-corrected chi connectivity index (χ0v) is 18.8. The molecule has 3 saturated heterocycles. The Balaban J connectivity index is 1.52. The zero-order valence-electron chi connectivity index (χ0n) is 18.8. The minimum Gasteiger partial charge on any atom is -0.497 e. The van der Waals surface area contributed by atoms with Crippen molar-refractivity contribution in [2.45, 2.75) is 43.3 Å². The Morgan fingerprint density at radius 2 is 1.39 bits per heavy atom. The highest BCUT2D eigenvalue weighted by atomic mass is 16.5. The highest BCUT2D eigenvalue weighted by molar-refractivity contribution is 6.04. The average molecular weight is 441 g/mol. The van der Waals surface area contributed by atoms with Crippen molar-refractivity contribution in [2.75, 3.05) is 7.11 Å². The van der Waals surface area contributed by atoms with E-state index in [4.69, 9.17) is 4.74 Å². The Bertz CT molecular complexity index is 1150. The van der Waals surface area contributed by atoms with Gasteiger partial charge >= 0.3 is 0 Å². The second-order valence-corrected chi connectivity index (χ2v) is 9.13. The van der Waals surface area contributed by atoms with Crippen molar-refractivity contribution in [1.82, 2.24) is 10.2 Å². The van der Waals surface area contributed by atoms with Gasteiger partial charge in [-0.3, -0.25) is 9.59 Å². The van der Waals surface area contributed by atoms with Gasteiger partial charge in [-0.15, -0.1) is 0 Å². The van der Waals surface area contributed by atoms with E-state index >= 15 is 0 Å². The van der Waals surface area contributed by atoms with E-state index in [9.17, 15) is 9.59 Å². The Morgan fingerprint density at radius 1 is 0.788 bits per heavy atom. The van der Waals surface area contributed by atoms with Crippen LogP contribution in [-0.4, -0.2) is 34.9 Å². The fraction of sp³-hybridized carbons (Fsp3) is 0.286. The van der Waals surface area contributed by atoms with Crippen molar-refractivity contribution in [3.05, 3.63) is 102 Å². The number of piperidine rings is 2. The van der Waals surface area contributed by atoms with Crippen molar-refractivity contribution in [3.63, 3.8) is 0 Å². The lowest BCUT2D eigenvalue weighted by molar-refractivity contribution is -0.173. The molecule has 0 aromatic heterocycles. The molecule has 3 fully saturated rings. The van der Waals surface area contributed by atoms with Gasteiger partial charge in [0.05, 0.1) is 7.11 Å². The molecule has 2 amide bonds. The molecule has 3 aliphatic heterocycles. The summed E-state index contributed by atoms with van der Waals surface area (Å²) in [6, 6.07) is 27.6. The number of rotatable bonds is 7. The van der Waals surface area contributed by atoms with E-state index in [0.717, 1.165) is 22.4 Å². The van der Waals surface area contributed by atoms with Gasteiger partial charge in [-0.2, -0.15) is 0 Å². The van der Waals surface area contributed by atoms with E-state index in [1.54, 1.807) is 7.11 Å². The summed E-state index contributed by atoms with van der Waals surface area (Å²) >= 11 is 0. The lowest BCUT2D eigenvalue weighted by atomic mass is 9.67. The maximum absolute atomic E-state index is 14.1. The van der Waals surface area contributed by atoms with Gasteiger partial charge in [0.2, 0.25) is 11.8 Å². The van der Waals surface area contributed by atoms with Crippen LogP contribution >= 0.6 is 0 Å². The highest BCUT2D eigenvalue weighted by Gasteiger charge is 2.63. The molecule has 3 heterocycles. The number of fused-ring (bicyclic) bond motifs is 3. The first-order chi connectivity index (χ1) is 16.0. The smallest absolute Gasteiger partial charge is 0.249 e. The van der Waals surface area contributed by atoms with Crippen LogP contribution in [0.25, 0.3) is 0 Å². The molecule has 6 rings (SSSR count). The van der Waals surface area contributed by atoms with Crippen molar-refractivity contribution < 1.29 is 14.3 Å². The molecule has 2 bridgehead atoms. The molecule has 1 N–H and O–H groups in total. The number of nitrogens with zero attached hydrogens (tertiary/aromatic N) is 1. The number of methoxy groups -OCH3 is 1. The van der Waals surface area contributed by atoms with Gasteiger partial charge in [-0.05, 0) is 41.7 Å². The van der Waals surface area contributed by atoms with Crippen LogP contribution in [0.2, 0.25) is 0 Å². The molecule has 3 aromatic rings. The van der Waals surface area contributed by atoms with E-state index in [2.05, 4.69) is 5.32 Å². The van der Waals surface area contributed by atoms with Gasteiger partial charge in [0, 0.05) is 19.4 Å². The van der Waals surface area contributed by atoms with E-state index in [-0.39, 0.29) is 11.8 Å². The topological polar surface area (TPSA) is 58.6 Å². The largest absolute Gasteiger partial charge is 0.497 e. The lowest BCUT2D eigenvalue weighted by Gasteiger charge is -2.58. The Kier molecular flexibility index (Phi) is 5.41. The van der Waals surface area contributed by atoms with Crippen molar-refractivity contribution in [1.29, 1.82) is 0 Å². The molecule has 33 heavy (non-hydrogen) atoms. The maximum atomic E-state index is 14.1. The standard InChI is InChI=1S/C28H28N2O3/c1-33-24-14-12-23(13-15-24)20-30-26(32)27(18-21-8-4-2-5-9-21)16-17-28(30,25(31)29-27)19-22-10-6-3-7-11-22/h2-15H,16-20H2,1H3,(H,29,31). The van der Waals surface area contributed by atoms with Crippen LogP contribution < -0.4 is 10.1 Å². The average Bonchev–Trinajstić information content (AvgIpc) is 2.85. The van der Waals surface area contributed by atoms with Crippen molar-refractivity contribution in [3.8, 4) is 5.75 Å². The third-order valence-electron chi connectivity index (χ3n) is 7.10. The third-order valence-corrected chi connectivity index (χ3v) is 7.10. The Labute approximate surface area is 194 Å². The number of benzene rings is 3. The number of hydrogen-bond donors (Lipinski definition) is 1. The molecular formula is C28H28N2O3. The summed E-state index contributed by atoms with van der Waals surface area (Å²) in [7, 11) is 1.63. The van der Waals surface area contributed by atoms with E-state index < -0.39 is 11.1 Å². The van der Waals surface area contributed by atoms with Gasteiger partial charge < -0.3 is 15.0 Å². The fourth-order valence-electron chi connectivity index (χ4n) is 5.29. The molecular weight excluding hydrogens is 412 g/mol. The van der Waals surface area contributed by atoms with Crippen molar-refractivity contribution >= 4 is 11.8 Å². The number of carbonyl (C=O) groups excluding carboxylic acids is 2. The molecule has 0 saturated carbocycles. The molecule has 0 aliphatic carbocycles. The Hall–Kier alpha value is -3.60. The highest BCUT2D eigenvalue weighted by Crippen LogP contribution is 2.44. The quantitative estimate of drug-likeness (QED) is 0.606. The summed E-state index contributed by atoms with van der Waals surface area (Å²) in [5.74, 6) is 0.716. The van der Waals surface area contributed by atoms with Crippen LogP contribution in [-0.2, 0) is 29.0 Å². The zero-order chi connectivity index (χ0) is 22.9. The fourth-order valence-corrected chi connectivity index (χ4v) is 5.29. The number of ether oxygens (including phenoxy) is 1. The van der Waals surface area contributed by atoms with Crippen LogP contribution in [0.4, 0.5) is 0 Å². The minimum absolute atomic E-state index is 0.00366. The van der Waals surface area contributed by atoms with E-state index in [1.165, 1.54) is 0 Å². The molecule has 3 aromatic carbocycles. The Morgan fingerprint density at radius 3 is 1.97 bits per heavy atom. The number of piperazine rings is 1. The number of carbonyl (C=O) groups is 2. The van der Waals surface area contributed by atoms with Gasteiger partial charge in [0.25, 0.3) is 0 Å². The first-order valence-corrected chi connectivity index (χ1v) is 11.4. The SMILES string of the molecule is COc1ccc(CN2C(=O)C3(Cc4ccccc4)CCC2(Cc2ccccc2)C(=O)N3)cc1. The lowest BCUT2D eigenvalue weighted by Crippen LogP contribution is -2.80. The second kappa shape index (κ2) is 8.39. The summed E-state index contributed by atoms with van der Waals surface area (Å²) in [5, 5.41) is 3.17. The van der Waals surface area contributed by atoms with Crippen molar-refractivity contribution in [2.24, 2.45) is 0 Å². The maximum Gasteiger partial charge on any atom is 0.249 e. The molecule has 5 nitrogen and oxygen atoms in total. The predicted octanol–water partition coefficient (Wildman–Crippen LogP) is 3.91. The first kappa shape index (κ1) is 21.3. The van der Waals surface area contributed by atoms with Gasteiger partial charge in [-0.25, -0.2) is 0 Å². The third kappa shape index (κ3) is 3.78. The van der Waals surface area contributed by atoms with Crippen LogP contribution in [0.1, 0.15) is 29.5 Å². The summed E-state index contributed by atoms with van der Waals surface area (Å²) in [6.07, 6.45) is 2.28. The molecule has 3 aliphatic rings. The molecule has 0 radical (unpaired) electrons. The first-order valence-electron chi connectivity index (χ1n) is 11.4. The normalized spacial score (nSPS) is 24.0. The van der Waals surface area contributed by atoms with Gasteiger partial charge in [0.1, 0.15) is 16.8 Å². The second-order valence-electron chi connectivity index (χ2n) is 9.13. The van der Waals surface area contributed by atoms with Crippen LogP contribution in [0, 0.1) is 0 Å². The van der Waals surface area contributed by atoms with Crippen LogP contribution in [0.5, 0.6) is 5.75 Å². The van der Waals surface area contributed by atoms with Gasteiger partial charge in [0.15, 0.2) is 0 Å². The van der Waals surface area contributed by atoms with Gasteiger partial charge in [-0.1, -0.05) is 72.8 Å². The van der Waals surface area contributed by atoms with E-state index in [0.29, 0.717) is 32.2 Å². The summed E-state index contributed by atoms with van der Waals surface area (Å²) in [5.41, 5.74) is 1.29. The van der Waals surface area contributed by atoms with Crippen LogP contribution in [0.15, 0.2) is 84.9 Å². The molecule has 0 spiro atoms. The number of hydrogen-bond acceptors (Lipinski definition) is 3. The molecule has 2 atom stereocenters. The monoisotopic (exact) mass is 440 g/mol. The minimum atomic E-state index is -0.899. The summed E-state index contributed by atoms with van der Waals surface area (Å²) in [6.45, 7) is 0.389. The number of nitrogens with one attached hydrogen (secondary N) is 1. The van der Waals surface area contributed by atoms with Crippen LogP contribution in [0.3, 0.4) is 0 Å².